The maximum atomic E-state index is 10.3. The van der Waals surface area contributed by atoms with E-state index < -0.39 is 6.03 Å². The molecule has 15 heavy (non-hydrogen) atoms. The van der Waals surface area contributed by atoms with Crippen molar-refractivity contribution in [3.05, 3.63) is 40.4 Å². The predicted molar refractivity (Wildman–Crippen MR) is 64.6 cm³/mol. The highest BCUT2D eigenvalue weighted by atomic mass is 79.9. The van der Waals surface area contributed by atoms with Crippen LogP contribution in [0.1, 0.15) is 5.56 Å². The minimum absolute atomic E-state index is 0.689. The molecule has 1 rings (SSSR count). The third-order valence-electron chi connectivity index (χ3n) is 1.47. The predicted octanol–water partition coefficient (Wildman–Crippen LogP) is 2.08. The molecular formula is C10H10BrN3O. The van der Waals surface area contributed by atoms with Crippen molar-refractivity contribution in [2.24, 2.45) is 10.8 Å². The van der Waals surface area contributed by atoms with E-state index in [1.165, 1.54) is 6.21 Å². The number of allylic oxidation sites excluding steroid dienone is 1. The Bertz CT molecular complexity index is 387. The molecule has 0 aliphatic heterocycles. The lowest BCUT2D eigenvalue weighted by Gasteiger charge is -1.93. The van der Waals surface area contributed by atoms with Crippen LogP contribution in [-0.2, 0) is 0 Å². The van der Waals surface area contributed by atoms with Gasteiger partial charge in [0.25, 0.3) is 0 Å². The standard InChI is InChI=1S/C10H10BrN3O/c11-9(7-13-14-10(12)15)6-8-4-2-1-3-5-8/h1-7H,(H3,12,14,15)/b9-6-,13-7-. The Morgan fingerprint density at radius 1 is 1.40 bits per heavy atom. The van der Waals surface area contributed by atoms with E-state index in [-0.39, 0.29) is 0 Å². The largest absolute Gasteiger partial charge is 0.350 e. The number of hydrogen-bond donors (Lipinski definition) is 2. The SMILES string of the molecule is NC(=O)N/N=C\C(Br)=C\c1ccccc1. The Balaban J connectivity index is 2.61. The van der Waals surface area contributed by atoms with E-state index in [4.69, 9.17) is 5.73 Å². The van der Waals surface area contributed by atoms with Gasteiger partial charge in [-0.3, -0.25) is 0 Å². The fourth-order valence-corrected chi connectivity index (χ4v) is 1.27. The normalized spacial score (nSPS) is 11.7. The summed E-state index contributed by atoms with van der Waals surface area (Å²) in [6.45, 7) is 0. The third kappa shape index (κ3) is 4.97. The Morgan fingerprint density at radius 2 is 2.07 bits per heavy atom. The molecule has 0 spiro atoms. The second-order valence-corrected chi connectivity index (χ2v) is 3.59. The van der Waals surface area contributed by atoms with Gasteiger partial charge in [0.05, 0.1) is 6.21 Å². The van der Waals surface area contributed by atoms with E-state index in [2.05, 4.69) is 26.5 Å². The number of benzene rings is 1. The van der Waals surface area contributed by atoms with Gasteiger partial charge in [-0.1, -0.05) is 30.3 Å². The highest BCUT2D eigenvalue weighted by molar-refractivity contribution is 9.12. The number of hydrogen-bond acceptors (Lipinski definition) is 2. The van der Waals surface area contributed by atoms with Gasteiger partial charge in [-0.15, -0.1) is 0 Å². The lowest BCUT2D eigenvalue weighted by Crippen LogP contribution is -2.24. The first-order chi connectivity index (χ1) is 7.18. The summed E-state index contributed by atoms with van der Waals surface area (Å²) < 4.78 is 0.738. The number of nitrogens with one attached hydrogen (secondary N) is 1. The summed E-state index contributed by atoms with van der Waals surface area (Å²) in [6.07, 6.45) is 3.32. The topological polar surface area (TPSA) is 67.5 Å². The van der Waals surface area contributed by atoms with Crippen LogP contribution in [0.15, 0.2) is 39.9 Å². The molecule has 2 amide bonds. The first kappa shape index (κ1) is 11.5. The fraction of sp³-hybridized carbons (Fsp3) is 0. The van der Waals surface area contributed by atoms with Crippen molar-refractivity contribution < 1.29 is 4.79 Å². The monoisotopic (exact) mass is 267 g/mol. The molecule has 1 aromatic rings. The fourth-order valence-electron chi connectivity index (χ4n) is 0.903. The maximum Gasteiger partial charge on any atom is 0.332 e. The zero-order chi connectivity index (χ0) is 11.1. The molecule has 0 saturated carbocycles. The van der Waals surface area contributed by atoms with Crippen molar-refractivity contribution in [1.82, 2.24) is 5.43 Å². The van der Waals surface area contributed by atoms with Crippen molar-refractivity contribution >= 4 is 34.3 Å². The van der Waals surface area contributed by atoms with E-state index >= 15 is 0 Å². The smallest absolute Gasteiger partial charge is 0.332 e. The van der Waals surface area contributed by atoms with Crippen LogP contribution < -0.4 is 11.2 Å². The van der Waals surface area contributed by atoms with Crippen molar-refractivity contribution in [3.63, 3.8) is 0 Å². The molecule has 0 bridgehead atoms. The number of carbonyl (C=O) groups excluding carboxylic acids is 1. The first-order valence-electron chi connectivity index (χ1n) is 4.19. The summed E-state index contributed by atoms with van der Waals surface area (Å²) in [4.78, 5) is 10.3. The molecule has 0 radical (unpaired) electrons. The Hall–Kier alpha value is -1.62. The van der Waals surface area contributed by atoms with Gasteiger partial charge in [0.1, 0.15) is 0 Å². The molecule has 0 fully saturated rings. The zero-order valence-corrected chi connectivity index (χ0v) is 9.44. The number of rotatable bonds is 3. The summed E-state index contributed by atoms with van der Waals surface area (Å²) in [7, 11) is 0. The molecule has 0 unspecified atom stereocenters. The summed E-state index contributed by atoms with van der Waals surface area (Å²) in [5, 5.41) is 3.60. The minimum Gasteiger partial charge on any atom is -0.350 e. The average molecular weight is 268 g/mol. The molecule has 0 saturated heterocycles. The molecule has 0 aromatic heterocycles. The van der Waals surface area contributed by atoms with Crippen molar-refractivity contribution in [1.29, 1.82) is 0 Å². The molecular weight excluding hydrogens is 258 g/mol. The van der Waals surface area contributed by atoms with Crippen LogP contribution in [0.4, 0.5) is 4.79 Å². The van der Waals surface area contributed by atoms with Gasteiger partial charge in [-0.25, -0.2) is 10.2 Å². The van der Waals surface area contributed by atoms with Crippen molar-refractivity contribution in [2.45, 2.75) is 0 Å². The summed E-state index contributed by atoms with van der Waals surface area (Å²) in [6, 6.07) is 9.03. The molecule has 0 atom stereocenters. The van der Waals surface area contributed by atoms with Crippen LogP contribution in [0.2, 0.25) is 0 Å². The second-order valence-electron chi connectivity index (χ2n) is 2.67. The van der Waals surface area contributed by atoms with Crippen molar-refractivity contribution in [2.75, 3.05) is 0 Å². The lowest BCUT2D eigenvalue weighted by molar-refractivity contribution is 0.249. The summed E-state index contributed by atoms with van der Waals surface area (Å²) >= 11 is 3.28. The number of carbonyl (C=O) groups is 1. The number of amides is 2. The Morgan fingerprint density at radius 3 is 2.67 bits per heavy atom. The van der Waals surface area contributed by atoms with Crippen LogP contribution >= 0.6 is 15.9 Å². The number of urea groups is 1. The molecule has 1 aromatic carbocycles. The average Bonchev–Trinajstić information content (AvgIpc) is 2.18. The minimum atomic E-state index is -0.689. The number of nitrogens with zero attached hydrogens (tertiary/aromatic N) is 1. The van der Waals surface area contributed by atoms with Gasteiger partial charge in [0.2, 0.25) is 0 Å². The molecule has 4 nitrogen and oxygen atoms in total. The number of halogens is 1. The van der Waals surface area contributed by atoms with Crippen LogP contribution in [-0.4, -0.2) is 12.2 Å². The summed E-state index contributed by atoms with van der Waals surface area (Å²) in [5.41, 5.74) is 7.97. The van der Waals surface area contributed by atoms with Crippen LogP contribution in [0, 0.1) is 0 Å². The molecule has 3 N–H and O–H groups in total. The third-order valence-corrected chi connectivity index (χ3v) is 1.90. The number of hydrazone groups is 1. The second kappa shape index (κ2) is 5.98. The highest BCUT2D eigenvalue weighted by Crippen LogP contribution is 2.09. The van der Waals surface area contributed by atoms with Gasteiger partial charge < -0.3 is 5.73 Å². The van der Waals surface area contributed by atoms with E-state index in [0.717, 1.165) is 10.0 Å². The maximum absolute atomic E-state index is 10.3. The van der Waals surface area contributed by atoms with E-state index in [1.54, 1.807) is 0 Å². The molecule has 0 aliphatic carbocycles. The molecule has 0 aliphatic rings. The first-order valence-corrected chi connectivity index (χ1v) is 4.98. The van der Waals surface area contributed by atoms with E-state index in [1.807, 2.05) is 36.4 Å². The summed E-state index contributed by atoms with van der Waals surface area (Å²) in [5.74, 6) is 0. The Labute approximate surface area is 96.0 Å². The Kier molecular flexibility index (Phi) is 4.56. The van der Waals surface area contributed by atoms with E-state index in [0.29, 0.717) is 0 Å². The highest BCUT2D eigenvalue weighted by Gasteiger charge is 1.89. The molecule has 0 heterocycles. The van der Waals surface area contributed by atoms with Gasteiger partial charge >= 0.3 is 6.03 Å². The number of primary amides is 1. The van der Waals surface area contributed by atoms with Crippen LogP contribution in [0.25, 0.3) is 6.08 Å². The van der Waals surface area contributed by atoms with Crippen molar-refractivity contribution in [3.8, 4) is 0 Å². The van der Waals surface area contributed by atoms with E-state index in [9.17, 15) is 4.79 Å². The van der Waals surface area contributed by atoms with Crippen LogP contribution in [0.5, 0.6) is 0 Å². The van der Waals surface area contributed by atoms with Gasteiger partial charge in [-0.2, -0.15) is 5.10 Å². The lowest BCUT2D eigenvalue weighted by atomic mass is 10.2. The van der Waals surface area contributed by atoms with Gasteiger partial charge in [0.15, 0.2) is 0 Å². The van der Waals surface area contributed by atoms with Gasteiger partial charge in [-0.05, 0) is 27.6 Å². The van der Waals surface area contributed by atoms with Crippen LogP contribution in [0.3, 0.4) is 0 Å². The number of nitrogens with two attached hydrogens (primary N) is 1. The quantitative estimate of drug-likeness (QED) is 0.639. The van der Waals surface area contributed by atoms with Gasteiger partial charge in [0, 0.05) is 4.48 Å². The zero-order valence-electron chi connectivity index (χ0n) is 7.85. The molecule has 5 heteroatoms. The molecule has 78 valence electrons.